The Morgan fingerprint density at radius 3 is 2.57 bits per heavy atom. The van der Waals surface area contributed by atoms with E-state index < -0.39 is 13.6 Å². The number of rotatable bonds is 3. The summed E-state index contributed by atoms with van der Waals surface area (Å²) in [5.74, 6) is -0.625. The van der Waals surface area contributed by atoms with Crippen molar-refractivity contribution in [1.29, 1.82) is 0 Å². The molecule has 0 saturated carbocycles. The highest BCUT2D eigenvalue weighted by molar-refractivity contribution is 9.10. The fourth-order valence-electron chi connectivity index (χ4n) is 0.724. The largest absolute Gasteiger partial charge is 0.417 e. The van der Waals surface area contributed by atoms with Crippen LogP contribution in [-0.2, 0) is 4.57 Å². The van der Waals surface area contributed by atoms with Gasteiger partial charge in [0, 0.05) is 4.47 Å². The molecule has 8 heteroatoms. The molecule has 78 valence electrons. The first kappa shape index (κ1) is 11.6. The Hall–Kier alpha value is -0.460. The van der Waals surface area contributed by atoms with Gasteiger partial charge in [-0.05, 0) is 18.2 Å². The lowest BCUT2D eigenvalue weighted by Crippen LogP contribution is -2.18. The average molecular weight is 285 g/mol. The number of nitrogens with one attached hydrogen (secondary N) is 2. The molecule has 1 aromatic carbocycles. The van der Waals surface area contributed by atoms with Crippen LogP contribution in [0.4, 0.5) is 10.1 Å². The van der Waals surface area contributed by atoms with Gasteiger partial charge in [-0.3, -0.25) is 0 Å². The third-order valence-corrected chi connectivity index (χ3v) is 2.16. The van der Waals surface area contributed by atoms with Gasteiger partial charge in [0.05, 0.1) is 5.69 Å². The molecule has 0 aliphatic rings. The van der Waals surface area contributed by atoms with Crippen LogP contribution in [0.5, 0.6) is 0 Å². The quantitative estimate of drug-likeness (QED) is 0.501. The highest BCUT2D eigenvalue weighted by atomic mass is 79.9. The van der Waals surface area contributed by atoms with Gasteiger partial charge in [0.15, 0.2) is 0 Å². The number of halogens is 2. The van der Waals surface area contributed by atoms with Gasteiger partial charge in [-0.25, -0.2) is 8.96 Å². The first-order valence-corrected chi connectivity index (χ1v) is 5.83. The van der Waals surface area contributed by atoms with Gasteiger partial charge in [0.1, 0.15) is 5.82 Å². The number of hydrogen-bond acceptors (Lipinski definition) is 2. The molecular weight excluding hydrogens is 278 g/mol. The zero-order valence-corrected chi connectivity index (χ0v) is 9.22. The van der Waals surface area contributed by atoms with E-state index in [2.05, 4.69) is 21.4 Å². The number of hydrazine groups is 1. The van der Waals surface area contributed by atoms with Gasteiger partial charge in [-0.1, -0.05) is 15.9 Å². The molecule has 0 aromatic heterocycles. The van der Waals surface area contributed by atoms with Crippen molar-refractivity contribution in [2.24, 2.45) is 0 Å². The predicted octanol–water partition coefficient (Wildman–Crippen LogP) is 1.60. The summed E-state index contributed by atoms with van der Waals surface area (Å²) >= 11 is 3.05. The van der Waals surface area contributed by atoms with Crippen molar-refractivity contribution in [3.05, 3.63) is 28.5 Å². The first-order valence-electron chi connectivity index (χ1n) is 3.42. The van der Waals surface area contributed by atoms with Crippen LogP contribution in [0.3, 0.4) is 0 Å². The second-order valence-electron chi connectivity index (χ2n) is 2.41. The summed E-state index contributed by atoms with van der Waals surface area (Å²) < 4.78 is 24.0. The van der Waals surface area contributed by atoms with Crippen molar-refractivity contribution in [3.63, 3.8) is 0 Å². The topological polar surface area (TPSA) is 81.6 Å². The maximum absolute atomic E-state index is 13.0. The fourth-order valence-corrected chi connectivity index (χ4v) is 1.32. The van der Waals surface area contributed by atoms with Crippen LogP contribution >= 0.6 is 23.7 Å². The van der Waals surface area contributed by atoms with E-state index in [-0.39, 0.29) is 5.69 Å². The molecule has 0 bridgehead atoms. The fraction of sp³-hybridized carbons (Fsp3) is 0. The molecule has 0 spiro atoms. The minimum atomic E-state index is -4.40. The molecule has 0 aliphatic carbocycles. The molecule has 1 rings (SSSR count). The van der Waals surface area contributed by atoms with Crippen molar-refractivity contribution < 1.29 is 18.7 Å². The normalized spacial score (nSPS) is 11.4. The molecule has 0 atom stereocenters. The molecule has 14 heavy (non-hydrogen) atoms. The molecule has 0 aliphatic heterocycles. The van der Waals surface area contributed by atoms with Crippen LogP contribution in [0, 0.1) is 5.82 Å². The van der Waals surface area contributed by atoms with E-state index in [0.29, 0.717) is 4.47 Å². The highest BCUT2D eigenvalue weighted by Gasteiger charge is 2.12. The van der Waals surface area contributed by atoms with Crippen molar-refractivity contribution in [1.82, 2.24) is 5.20 Å². The number of anilines is 1. The van der Waals surface area contributed by atoms with E-state index in [1.54, 1.807) is 5.20 Å². The summed E-state index contributed by atoms with van der Waals surface area (Å²) in [6, 6.07) is 4.04. The van der Waals surface area contributed by atoms with Crippen LogP contribution in [0.1, 0.15) is 0 Å². The van der Waals surface area contributed by atoms with E-state index in [1.807, 2.05) is 0 Å². The standard InChI is InChI=1S/C6H7BrFN2O3P/c7-4-1-2-6(5(8)3-4)9-10-14(11,12)13/h1-3,9H,(H3,10,11,12,13). The SMILES string of the molecule is O=P(O)(O)NNc1ccc(Br)cc1F. The molecule has 5 nitrogen and oxygen atoms in total. The lowest BCUT2D eigenvalue weighted by molar-refractivity contribution is 0.362. The van der Waals surface area contributed by atoms with Gasteiger partial charge in [0.25, 0.3) is 0 Å². The highest BCUT2D eigenvalue weighted by Crippen LogP contribution is 2.28. The van der Waals surface area contributed by atoms with E-state index in [9.17, 15) is 8.96 Å². The van der Waals surface area contributed by atoms with Gasteiger partial charge >= 0.3 is 7.75 Å². The van der Waals surface area contributed by atoms with E-state index in [1.165, 1.54) is 18.2 Å². The Balaban J connectivity index is 2.73. The minimum absolute atomic E-state index is 0.0449. The third-order valence-electron chi connectivity index (χ3n) is 1.27. The van der Waals surface area contributed by atoms with Crippen LogP contribution in [0.25, 0.3) is 0 Å². The van der Waals surface area contributed by atoms with Crippen molar-refractivity contribution in [2.75, 3.05) is 5.43 Å². The Morgan fingerprint density at radius 2 is 2.07 bits per heavy atom. The van der Waals surface area contributed by atoms with Gasteiger partial charge in [-0.15, -0.1) is 5.20 Å². The van der Waals surface area contributed by atoms with E-state index in [4.69, 9.17) is 9.79 Å². The molecule has 0 unspecified atom stereocenters. The van der Waals surface area contributed by atoms with Crippen LogP contribution in [0.2, 0.25) is 0 Å². The third kappa shape index (κ3) is 3.73. The Bertz CT molecular complexity index is 383. The molecule has 1 aromatic rings. The maximum atomic E-state index is 13.0. The van der Waals surface area contributed by atoms with Crippen molar-refractivity contribution in [3.8, 4) is 0 Å². The number of hydrogen-bond donors (Lipinski definition) is 4. The lowest BCUT2D eigenvalue weighted by Gasteiger charge is -2.09. The Labute approximate surface area is 87.6 Å². The zero-order chi connectivity index (χ0) is 10.8. The Kier molecular flexibility index (Phi) is 3.63. The minimum Gasteiger partial charge on any atom is -0.311 e. The second-order valence-corrected chi connectivity index (χ2v) is 4.63. The molecule has 0 amide bonds. The summed E-state index contributed by atoms with van der Waals surface area (Å²) in [5, 5.41) is 1.66. The molecule has 4 N–H and O–H groups in total. The van der Waals surface area contributed by atoms with Crippen molar-refractivity contribution in [2.45, 2.75) is 0 Å². The van der Waals surface area contributed by atoms with Gasteiger partial charge in [0.2, 0.25) is 0 Å². The van der Waals surface area contributed by atoms with Crippen LogP contribution in [-0.4, -0.2) is 9.79 Å². The predicted molar refractivity (Wildman–Crippen MR) is 52.9 cm³/mol. The molecular formula is C6H7BrFN2O3P. The summed E-state index contributed by atoms with van der Waals surface area (Å²) in [5.41, 5.74) is 2.03. The molecule has 0 fully saturated rings. The lowest BCUT2D eigenvalue weighted by atomic mass is 10.3. The van der Waals surface area contributed by atoms with E-state index in [0.717, 1.165) is 0 Å². The van der Waals surface area contributed by atoms with Crippen molar-refractivity contribution >= 4 is 29.4 Å². The summed E-state index contributed by atoms with van der Waals surface area (Å²) in [4.78, 5) is 16.9. The summed E-state index contributed by atoms with van der Waals surface area (Å²) in [6.45, 7) is 0. The molecule has 0 saturated heterocycles. The summed E-state index contributed by atoms with van der Waals surface area (Å²) in [6.07, 6.45) is 0. The maximum Gasteiger partial charge on any atom is 0.417 e. The zero-order valence-electron chi connectivity index (χ0n) is 6.74. The second kappa shape index (κ2) is 4.37. The monoisotopic (exact) mass is 284 g/mol. The molecule has 0 heterocycles. The number of benzene rings is 1. The van der Waals surface area contributed by atoms with Crippen LogP contribution in [0.15, 0.2) is 22.7 Å². The molecule has 0 radical (unpaired) electrons. The van der Waals surface area contributed by atoms with E-state index >= 15 is 0 Å². The average Bonchev–Trinajstić information content (AvgIpc) is 2.00. The first-order chi connectivity index (χ1) is 6.38. The van der Waals surface area contributed by atoms with Gasteiger partial charge in [-0.2, -0.15) is 0 Å². The summed E-state index contributed by atoms with van der Waals surface area (Å²) in [7, 11) is -4.40. The van der Waals surface area contributed by atoms with Gasteiger partial charge < -0.3 is 15.2 Å². The Morgan fingerprint density at radius 1 is 1.43 bits per heavy atom. The van der Waals surface area contributed by atoms with Crippen LogP contribution < -0.4 is 10.6 Å². The smallest absolute Gasteiger partial charge is 0.311 e.